The average Bonchev–Trinajstić information content (AvgIpc) is 2.85. The summed E-state index contributed by atoms with van der Waals surface area (Å²) in [7, 11) is 0. The minimum Gasteiger partial charge on any atom is -0.323 e. The second kappa shape index (κ2) is 5.45. The number of pyridine rings is 2. The highest BCUT2D eigenvalue weighted by Gasteiger charge is 2.26. The van der Waals surface area contributed by atoms with E-state index in [1.807, 2.05) is 41.0 Å². The van der Waals surface area contributed by atoms with E-state index in [-0.39, 0.29) is 6.03 Å². The van der Waals surface area contributed by atoms with Crippen molar-refractivity contribution in [3.8, 4) is 0 Å². The van der Waals surface area contributed by atoms with Gasteiger partial charge in [-0.15, -0.1) is 0 Å². The Balaban J connectivity index is 1.67. The van der Waals surface area contributed by atoms with Crippen LogP contribution < -0.4 is 0 Å². The molecule has 3 rings (SSSR count). The van der Waals surface area contributed by atoms with Gasteiger partial charge < -0.3 is 9.80 Å². The summed E-state index contributed by atoms with van der Waals surface area (Å²) in [6, 6.07) is 8.11. The number of urea groups is 1. The summed E-state index contributed by atoms with van der Waals surface area (Å²) in [6.07, 6.45) is 2.53. The molecule has 0 N–H and O–H groups in total. The lowest BCUT2D eigenvalue weighted by Crippen LogP contribution is -2.33. The molecule has 0 unspecified atom stereocenters. The number of carbonyl (C=O) groups excluding carboxylic acids is 1. The van der Waals surface area contributed by atoms with Crippen LogP contribution in [0.2, 0.25) is 0 Å². The van der Waals surface area contributed by atoms with Crippen LogP contribution in [0.4, 0.5) is 4.79 Å². The first-order valence-electron chi connectivity index (χ1n) is 7.02. The molecule has 5 heteroatoms. The SMILES string of the molecule is CCN1CCN(CCc2ccc3cccnc3n2)C1=O. The van der Waals surface area contributed by atoms with Crippen molar-refractivity contribution < 1.29 is 4.79 Å². The van der Waals surface area contributed by atoms with E-state index < -0.39 is 0 Å². The topological polar surface area (TPSA) is 49.3 Å². The molecule has 0 radical (unpaired) electrons. The summed E-state index contributed by atoms with van der Waals surface area (Å²) >= 11 is 0. The van der Waals surface area contributed by atoms with Gasteiger partial charge in [-0.1, -0.05) is 0 Å². The summed E-state index contributed by atoms with van der Waals surface area (Å²) in [5.74, 6) is 0. The second-order valence-electron chi connectivity index (χ2n) is 4.95. The van der Waals surface area contributed by atoms with Gasteiger partial charge in [-0.05, 0) is 31.2 Å². The Morgan fingerprint density at radius 2 is 2.05 bits per heavy atom. The van der Waals surface area contributed by atoms with Crippen LogP contribution >= 0.6 is 0 Å². The van der Waals surface area contributed by atoms with Gasteiger partial charge in [-0.2, -0.15) is 0 Å². The molecule has 0 aliphatic carbocycles. The van der Waals surface area contributed by atoms with Crippen molar-refractivity contribution in [3.63, 3.8) is 0 Å². The molecule has 1 aliphatic rings. The zero-order valence-corrected chi connectivity index (χ0v) is 11.6. The first kappa shape index (κ1) is 12.8. The van der Waals surface area contributed by atoms with E-state index in [0.29, 0.717) is 0 Å². The summed E-state index contributed by atoms with van der Waals surface area (Å²) < 4.78 is 0. The van der Waals surface area contributed by atoms with Crippen molar-refractivity contribution >= 4 is 17.1 Å². The number of rotatable bonds is 4. The normalized spacial score (nSPS) is 15.3. The number of likely N-dealkylation sites (N-methyl/N-ethyl adjacent to an activating group) is 1. The molecule has 104 valence electrons. The molecule has 1 saturated heterocycles. The maximum absolute atomic E-state index is 12.0. The maximum atomic E-state index is 12.0. The number of aromatic nitrogens is 2. The van der Waals surface area contributed by atoms with Crippen molar-refractivity contribution in [2.75, 3.05) is 26.2 Å². The molecule has 2 aromatic heterocycles. The van der Waals surface area contributed by atoms with E-state index in [0.717, 1.165) is 49.3 Å². The van der Waals surface area contributed by atoms with Crippen molar-refractivity contribution in [2.24, 2.45) is 0 Å². The molecular formula is C15H18N4O. The van der Waals surface area contributed by atoms with Crippen LogP contribution in [0.1, 0.15) is 12.6 Å². The monoisotopic (exact) mass is 270 g/mol. The van der Waals surface area contributed by atoms with Crippen LogP contribution in [0.5, 0.6) is 0 Å². The van der Waals surface area contributed by atoms with Gasteiger partial charge in [0.1, 0.15) is 0 Å². The van der Waals surface area contributed by atoms with E-state index in [2.05, 4.69) is 9.97 Å². The first-order valence-corrected chi connectivity index (χ1v) is 7.02. The molecule has 0 aromatic carbocycles. The average molecular weight is 270 g/mol. The second-order valence-corrected chi connectivity index (χ2v) is 4.95. The maximum Gasteiger partial charge on any atom is 0.320 e. The minimum absolute atomic E-state index is 0.145. The summed E-state index contributed by atoms with van der Waals surface area (Å²) in [4.78, 5) is 24.6. The van der Waals surface area contributed by atoms with E-state index >= 15 is 0 Å². The molecule has 2 aromatic rings. The molecule has 20 heavy (non-hydrogen) atoms. The molecular weight excluding hydrogens is 252 g/mol. The van der Waals surface area contributed by atoms with Gasteiger partial charge >= 0.3 is 6.03 Å². The lowest BCUT2D eigenvalue weighted by molar-refractivity contribution is 0.194. The smallest absolute Gasteiger partial charge is 0.320 e. The highest BCUT2D eigenvalue weighted by molar-refractivity contribution is 5.76. The van der Waals surface area contributed by atoms with Crippen LogP contribution in [0.25, 0.3) is 11.0 Å². The molecule has 1 fully saturated rings. The van der Waals surface area contributed by atoms with Gasteiger partial charge in [0, 0.05) is 49.9 Å². The van der Waals surface area contributed by atoms with Gasteiger partial charge in [0.25, 0.3) is 0 Å². The third-order valence-corrected chi connectivity index (χ3v) is 3.72. The van der Waals surface area contributed by atoms with Crippen molar-refractivity contribution in [1.82, 2.24) is 19.8 Å². The quantitative estimate of drug-likeness (QED) is 0.853. The Morgan fingerprint density at radius 1 is 1.20 bits per heavy atom. The Kier molecular flexibility index (Phi) is 3.50. The Hall–Kier alpha value is -2.17. The number of nitrogens with zero attached hydrogens (tertiary/aromatic N) is 4. The molecule has 2 amide bonds. The van der Waals surface area contributed by atoms with Gasteiger partial charge in [-0.25, -0.2) is 14.8 Å². The molecule has 1 aliphatic heterocycles. The lowest BCUT2D eigenvalue weighted by atomic mass is 10.2. The minimum atomic E-state index is 0.145. The fourth-order valence-electron chi connectivity index (χ4n) is 2.51. The van der Waals surface area contributed by atoms with Crippen LogP contribution in [0.15, 0.2) is 30.5 Å². The Labute approximate surface area is 118 Å². The van der Waals surface area contributed by atoms with Crippen LogP contribution in [0, 0.1) is 0 Å². The molecule has 5 nitrogen and oxygen atoms in total. The van der Waals surface area contributed by atoms with E-state index in [4.69, 9.17) is 0 Å². The van der Waals surface area contributed by atoms with Gasteiger partial charge in [-0.3, -0.25) is 0 Å². The number of hydrogen-bond donors (Lipinski definition) is 0. The highest BCUT2D eigenvalue weighted by Crippen LogP contribution is 2.12. The predicted molar refractivity (Wildman–Crippen MR) is 77.5 cm³/mol. The third kappa shape index (κ3) is 2.43. The summed E-state index contributed by atoms with van der Waals surface area (Å²) in [6.45, 7) is 5.17. The van der Waals surface area contributed by atoms with Crippen molar-refractivity contribution in [1.29, 1.82) is 0 Å². The Morgan fingerprint density at radius 3 is 2.85 bits per heavy atom. The van der Waals surface area contributed by atoms with Gasteiger partial charge in [0.05, 0.1) is 0 Å². The number of amides is 2. The zero-order valence-electron chi connectivity index (χ0n) is 11.6. The molecule has 0 saturated carbocycles. The lowest BCUT2D eigenvalue weighted by Gasteiger charge is -2.17. The summed E-state index contributed by atoms with van der Waals surface area (Å²) in [5, 5.41) is 1.05. The molecule has 0 spiro atoms. The van der Waals surface area contributed by atoms with E-state index in [1.54, 1.807) is 6.20 Å². The van der Waals surface area contributed by atoms with Crippen LogP contribution in [-0.4, -0.2) is 52.0 Å². The molecule has 3 heterocycles. The third-order valence-electron chi connectivity index (χ3n) is 3.72. The van der Waals surface area contributed by atoms with Crippen LogP contribution in [0.3, 0.4) is 0 Å². The first-order chi connectivity index (χ1) is 9.78. The fraction of sp³-hybridized carbons (Fsp3) is 0.400. The van der Waals surface area contributed by atoms with Gasteiger partial charge in [0.15, 0.2) is 5.65 Å². The number of hydrogen-bond acceptors (Lipinski definition) is 3. The van der Waals surface area contributed by atoms with Crippen molar-refractivity contribution in [2.45, 2.75) is 13.3 Å². The van der Waals surface area contributed by atoms with E-state index in [9.17, 15) is 4.79 Å². The predicted octanol–water partition coefficient (Wildman–Crippen LogP) is 1.93. The largest absolute Gasteiger partial charge is 0.323 e. The fourth-order valence-corrected chi connectivity index (χ4v) is 2.51. The van der Waals surface area contributed by atoms with Crippen LogP contribution in [-0.2, 0) is 6.42 Å². The van der Waals surface area contributed by atoms with Crippen molar-refractivity contribution in [3.05, 3.63) is 36.2 Å². The van der Waals surface area contributed by atoms with Gasteiger partial charge in [0.2, 0.25) is 0 Å². The molecule has 0 atom stereocenters. The highest BCUT2D eigenvalue weighted by atomic mass is 16.2. The standard InChI is InChI=1S/C15H18N4O/c1-2-18-10-11-19(15(18)20)9-7-13-6-5-12-4-3-8-16-14(12)17-13/h3-6,8H,2,7,9-11H2,1H3. The summed E-state index contributed by atoms with van der Waals surface area (Å²) in [5.41, 5.74) is 1.76. The Bertz CT molecular complexity index is 628. The zero-order chi connectivity index (χ0) is 13.9. The molecule has 0 bridgehead atoms. The number of fused-ring (bicyclic) bond motifs is 1. The van der Waals surface area contributed by atoms with E-state index in [1.165, 1.54) is 0 Å². The number of carbonyl (C=O) groups is 1.